The molecule has 1 saturated heterocycles. The number of para-hydroxylation sites is 1. The van der Waals surface area contributed by atoms with Gasteiger partial charge in [0.25, 0.3) is 5.91 Å². The van der Waals surface area contributed by atoms with Crippen LogP contribution < -0.4 is 4.90 Å². The molecule has 4 nitrogen and oxygen atoms in total. The minimum Gasteiger partial charge on any atom is -0.375 e. The monoisotopic (exact) mass is 388 g/mol. The molecule has 3 rings (SSSR count). The summed E-state index contributed by atoms with van der Waals surface area (Å²) in [6, 6.07) is 13.1. The molecule has 0 N–H and O–H groups in total. The number of halogens is 2. The molecule has 0 saturated carbocycles. The highest BCUT2D eigenvalue weighted by molar-refractivity contribution is 5.95. The van der Waals surface area contributed by atoms with Crippen molar-refractivity contribution in [3.05, 3.63) is 65.7 Å². The number of likely N-dealkylation sites (tertiary alicyclic amines) is 1. The Kier molecular flexibility index (Phi) is 7.12. The topological polar surface area (TPSA) is 32.8 Å². The van der Waals surface area contributed by atoms with E-state index in [1.54, 1.807) is 29.2 Å². The van der Waals surface area contributed by atoms with E-state index in [1.165, 1.54) is 19.2 Å². The van der Waals surface area contributed by atoms with Gasteiger partial charge in [0.2, 0.25) is 0 Å². The number of rotatable bonds is 7. The van der Waals surface area contributed by atoms with Crippen molar-refractivity contribution in [3.63, 3.8) is 0 Å². The molecular weight excluding hydrogens is 362 g/mol. The van der Waals surface area contributed by atoms with Gasteiger partial charge in [-0.1, -0.05) is 30.3 Å². The van der Waals surface area contributed by atoms with Crippen LogP contribution in [0.4, 0.5) is 14.5 Å². The highest BCUT2D eigenvalue weighted by Crippen LogP contribution is 2.26. The SMILES string of the molecule is COCC(=O)N(c1ccccc1F)C1CCN(CCc2ccccc2F)CC1. The Hall–Kier alpha value is -2.31. The zero-order valence-corrected chi connectivity index (χ0v) is 16.1. The van der Waals surface area contributed by atoms with Crippen LogP contribution in [0.1, 0.15) is 18.4 Å². The predicted octanol–water partition coefficient (Wildman–Crippen LogP) is 3.65. The first kappa shape index (κ1) is 20.4. The first-order chi connectivity index (χ1) is 13.6. The summed E-state index contributed by atoms with van der Waals surface area (Å²) in [6.07, 6.45) is 2.12. The van der Waals surface area contributed by atoms with Crippen molar-refractivity contribution < 1.29 is 18.3 Å². The van der Waals surface area contributed by atoms with Crippen molar-refractivity contribution in [3.8, 4) is 0 Å². The maximum atomic E-state index is 14.3. The van der Waals surface area contributed by atoms with Gasteiger partial charge in [-0.15, -0.1) is 0 Å². The number of hydrogen-bond donors (Lipinski definition) is 0. The van der Waals surface area contributed by atoms with Gasteiger partial charge in [0.05, 0.1) is 5.69 Å². The fourth-order valence-corrected chi connectivity index (χ4v) is 3.76. The Labute approximate surface area is 164 Å². The van der Waals surface area contributed by atoms with E-state index in [4.69, 9.17) is 4.74 Å². The molecule has 0 radical (unpaired) electrons. The Morgan fingerprint density at radius 3 is 2.36 bits per heavy atom. The highest BCUT2D eigenvalue weighted by atomic mass is 19.1. The summed E-state index contributed by atoms with van der Waals surface area (Å²) in [4.78, 5) is 16.4. The summed E-state index contributed by atoms with van der Waals surface area (Å²) in [7, 11) is 1.46. The van der Waals surface area contributed by atoms with E-state index in [0.717, 1.165) is 32.5 Å². The van der Waals surface area contributed by atoms with Gasteiger partial charge in [-0.3, -0.25) is 4.79 Å². The third kappa shape index (κ3) is 4.94. The average molecular weight is 388 g/mol. The Morgan fingerprint density at radius 2 is 1.71 bits per heavy atom. The van der Waals surface area contributed by atoms with Crippen molar-refractivity contribution >= 4 is 11.6 Å². The number of carbonyl (C=O) groups excluding carboxylic acids is 1. The normalized spacial score (nSPS) is 15.5. The molecule has 1 aliphatic heterocycles. The second-order valence-electron chi connectivity index (χ2n) is 7.06. The lowest BCUT2D eigenvalue weighted by molar-refractivity contribution is -0.122. The summed E-state index contributed by atoms with van der Waals surface area (Å²) in [5, 5.41) is 0. The minimum absolute atomic E-state index is 0.0794. The number of anilines is 1. The minimum atomic E-state index is -0.408. The van der Waals surface area contributed by atoms with Gasteiger partial charge in [0, 0.05) is 32.8 Å². The molecule has 2 aromatic carbocycles. The van der Waals surface area contributed by atoms with E-state index in [1.807, 2.05) is 12.1 Å². The third-order valence-corrected chi connectivity index (χ3v) is 5.23. The molecule has 0 atom stereocenters. The van der Waals surface area contributed by atoms with E-state index in [0.29, 0.717) is 17.7 Å². The fraction of sp³-hybridized carbons (Fsp3) is 0.409. The van der Waals surface area contributed by atoms with Crippen LogP contribution in [0.15, 0.2) is 48.5 Å². The second kappa shape index (κ2) is 9.75. The molecule has 0 unspecified atom stereocenters. The Bertz CT molecular complexity index is 792. The van der Waals surface area contributed by atoms with Gasteiger partial charge in [0.15, 0.2) is 0 Å². The van der Waals surface area contributed by atoms with Crippen LogP contribution >= 0.6 is 0 Å². The summed E-state index contributed by atoms with van der Waals surface area (Å²) < 4.78 is 33.1. The number of amides is 1. The smallest absolute Gasteiger partial charge is 0.253 e. The zero-order valence-electron chi connectivity index (χ0n) is 16.1. The largest absolute Gasteiger partial charge is 0.375 e. The molecule has 28 heavy (non-hydrogen) atoms. The lowest BCUT2D eigenvalue weighted by atomic mass is 10.0. The van der Waals surface area contributed by atoms with E-state index >= 15 is 0 Å². The summed E-state index contributed by atoms with van der Waals surface area (Å²) >= 11 is 0. The number of benzene rings is 2. The summed E-state index contributed by atoms with van der Waals surface area (Å²) in [5.41, 5.74) is 1.02. The van der Waals surface area contributed by atoms with Crippen LogP contribution in [0, 0.1) is 11.6 Å². The molecule has 0 bridgehead atoms. The van der Waals surface area contributed by atoms with E-state index in [-0.39, 0.29) is 24.4 Å². The van der Waals surface area contributed by atoms with E-state index < -0.39 is 5.82 Å². The van der Waals surface area contributed by atoms with E-state index in [2.05, 4.69) is 4.90 Å². The molecule has 1 heterocycles. The van der Waals surface area contributed by atoms with Crippen molar-refractivity contribution in [1.82, 2.24) is 4.90 Å². The van der Waals surface area contributed by atoms with Crippen molar-refractivity contribution in [2.24, 2.45) is 0 Å². The van der Waals surface area contributed by atoms with Crippen LogP contribution in [-0.2, 0) is 16.0 Å². The van der Waals surface area contributed by atoms with Gasteiger partial charge in [-0.05, 0) is 43.0 Å². The standard InChI is InChI=1S/C22H26F2N2O2/c1-28-16-22(27)26(21-9-5-4-8-20(21)24)18-11-14-25(15-12-18)13-10-17-6-2-3-7-19(17)23/h2-9,18H,10-16H2,1H3. The Morgan fingerprint density at radius 1 is 1.07 bits per heavy atom. The lowest BCUT2D eigenvalue weighted by Gasteiger charge is -2.38. The van der Waals surface area contributed by atoms with Gasteiger partial charge in [-0.25, -0.2) is 8.78 Å². The molecule has 0 spiro atoms. The van der Waals surface area contributed by atoms with Crippen LogP contribution in [0.3, 0.4) is 0 Å². The fourth-order valence-electron chi connectivity index (χ4n) is 3.76. The quantitative estimate of drug-likeness (QED) is 0.726. The average Bonchev–Trinajstić information content (AvgIpc) is 2.70. The molecule has 2 aromatic rings. The zero-order chi connectivity index (χ0) is 19.9. The number of methoxy groups -OCH3 is 1. The molecule has 0 aromatic heterocycles. The molecule has 1 fully saturated rings. The molecule has 0 aliphatic carbocycles. The predicted molar refractivity (Wildman–Crippen MR) is 105 cm³/mol. The summed E-state index contributed by atoms with van der Waals surface area (Å²) in [6.45, 7) is 2.25. The van der Waals surface area contributed by atoms with Gasteiger partial charge < -0.3 is 14.5 Å². The molecular formula is C22H26F2N2O2. The van der Waals surface area contributed by atoms with E-state index in [9.17, 15) is 13.6 Å². The second-order valence-corrected chi connectivity index (χ2v) is 7.06. The van der Waals surface area contributed by atoms with Crippen molar-refractivity contribution in [1.29, 1.82) is 0 Å². The number of carbonyl (C=O) groups is 1. The number of nitrogens with zero attached hydrogens (tertiary/aromatic N) is 2. The lowest BCUT2D eigenvalue weighted by Crippen LogP contribution is -2.49. The Balaban J connectivity index is 1.63. The van der Waals surface area contributed by atoms with Gasteiger partial charge in [0.1, 0.15) is 18.2 Å². The third-order valence-electron chi connectivity index (χ3n) is 5.23. The number of ether oxygens (including phenoxy) is 1. The molecule has 6 heteroatoms. The molecule has 150 valence electrons. The maximum absolute atomic E-state index is 14.3. The van der Waals surface area contributed by atoms with Gasteiger partial charge in [-0.2, -0.15) is 0 Å². The highest BCUT2D eigenvalue weighted by Gasteiger charge is 2.30. The first-order valence-electron chi connectivity index (χ1n) is 9.61. The van der Waals surface area contributed by atoms with Gasteiger partial charge >= 0.3 is 0 Å². The van der Waals surface area contributed by atoms with Crippen LogP contribution in [0.5, 0.6) is 0 Å². The number of piperidine rings is 1. The maximum Gasteiger partial charge on any atom is 0.253 e. The summed E-state index contributed by atoms with van der Waals surface area (Å²) in [5.74, 6) is -0.820. The van der Waals surface area contributed by atoms with Crippen molar-refractivity contribution in [2.75, 3.05) is 38.3 Å². The van der Waals surface area contributed by atoms with Crippen LogP contribution in [0.25, 0.3) is 0 Å². The van der Waals surface area contributed by atoms with Crippen molar-refractivity contribution in [2.45, 2.75) is 25.3 Å². The van der Waals surface area contributed by atoms with Crippen LogP contribution in [0.2, 0.25) is 0 Å². The van der Waals surface area contributed by atoms with Crippen LogP contribution in [-0.4, -0.2) is 50.2 Å². The number of hydrogen-bond acceptors (Lipinski definition) is 3. The molecule has 1 aliphatic rings. The molecule has 1 amide bonds. The first-order valence-corrected chi connectivity index (χ1v) is 9.61.